The van der Waals surface area contributed by atoms with Crippen LogP contribution in [-0.4, -0.2) is 55.6 Å². The highest BCUT2D eigenvalue weighted by Crippen LogP contribution is 2.10. The third-order valence-electron chi connectivity index (χ3n) is 3.60. The molecule has 116 valence electrons. The molecule has 20 heavy (non-hydrogen) atoms. The summed E-state index contributed by atoms with van der Waals surface area (Å²) in [5.74, 6) is -0.277. The molecule has 6 nitrogen and oxygen atoms in total. The number of ether oxygens (including phenoxy) is 1. The summed E-state index contributed by atoms with van der Waals surface area (Å²) in [6.07, 6.45) is 4.56. The maximum absolute atomic E-state index is 12.2. The van der Waals surface area contributed by atoms with Crippen molar-refractivity contribution < 1.29 is 14.3 Å². The summed E-state index contributed by atoms with van der Waals surface area (Å²) in [5, 5.41) is 2.71. The Labute approximate surface area is 121 Å². The average Bonchev–Trinajstić information content (AvgIpc) is 2.47. The summed E-state index contributed by atoms with van der Waals surface area (Å²) in [5.41, 5.74) is 5.79. The van der Waals surface area contributed by atoms with E-state index in [1.54, 1.807) is 14.0 Å². The fourth-order valence-corrected chi connectivity index (χ4v) is 2.35. The lowest BCUT2D eigenvalue weighted by molar-refractivity contribution is -0.137. The summed E-state index contributed by atoms with van der Waals surface area (Å²) in [4.78, 5) is 25.9. The van der Waals surface area contributed by atoms with Crippen LogP contribution in [0.25, 0.3) is 0 Å². The Kier molecular flexibility index (Phi) is 7.54. The molecule has 1 fully saturated rings. The molecule has 0 saturated carbocycles. The van der Waals surface area contributed by atoms with Crippen LogP contribution in [0, 0.1) is 0 Å². The van der Waals surface area contributed by atoms with Crippen LogP contribution in [-0.2, 0) is 14.3 Å². The number of likely N-dealkylation sites (tertiary alicyclic amines) is 1. The van der Waals surface area contributed by atoms with Gasteiger partial charge in [0.05, 0.1) is 6.04 Å². The number of methoxy groups -OCH3 is 1. The van der Waals surface area contributed by atoms with Gasteiger partial charge in [0.1, 0.15) is 6.04 Å². The number of nitrogens with zero attached hydrogens (tertiary/aromatic N) is 1. The normalized spacial score (nSPS) is 18.4. The van der Waals surface area contributed by atoms with Gasteiger partial charge in [-0.2, -0.15) is 0 Å². The monoisotopic (exact) mass is 285 g/mol. The second kappa shape index (κ2) is 8.92. The highest BCUT2D eigenvalue weighted by atomic mass is 16.5. The first-order valence-electron chi connectivity index (χ1n) is 7.40. The van der Waals surface area contributed by atoms with E-state index in [4.69, 9.17) is 10.5 Å². The van der Waals surface area contributed by atoms with Gasteiger partial charge in [-0.15, -0.1) is 0 Å². The lowest BCUT2D eigenvalue weighted by Crippen LogP contribution is -2.52. The Hall–Kier alpha value is -1.14. The standard InChI is InChI=1S/C14H27N3O3/c1-11(14(19)17-8-4-3-5-9-17)16-13(18)12(15)7-6-10-20-2/h11-12H,3-10,15H2,1-2H3,(H,16,18). The van der Waals surface area contributed by atoms with Gasteiger partial charge in [0.15, 0.2) is 0 Å². The Morgan fingerprint density at radius 1 is 1.30 bits per heavy atom. The molecule has 1 aliphatic rings. The minimum atomic E-state index is -0.582. The molecular formula is C14H27N3O3. The third-order valence-corrected chi connectivity index (χ3v) is 3.60. The van der Waals surface area contributed by atoms with Gasteiger partial charge in [0, 0.05) is 26.8 Å². The largest absolute Gasteiger partial charge is 0.385 e. The van der Waals surface area contributed by atoms with Gasteiger partial charge in [-0.1, -0.05) is 0 Å². The number of piperidine rings is 1. The molecular weight excluding hydrogens is 258 g/mol. The van der Waals surface area contributed by atoms with E-state index in [0.717, 1.165) is 32.4 Å². The molecule has 0 spiro atoms. The molecule has 0 aromatic rings. The van der Waals surface area contributed by atoms with Crippen molar-refractivity contribution in [3.05, 3.63) is 0 Å². The van der Waals surface area contributed by atoms with Crippen LogP contribution >= 0.6 is 0 Å². The first kappa shape index (κ1) is 16.9. The Balaban J connectivity index is 2.33. The van der Waals surface area contributed by atoms with E-state index < -0.39 is 12.1 Å². The van der Waals surface area contributed by atoms with Crippen molar-refractivity contribution in [1.29, 1.82) is 0 Å². The number of carbonyl (C=O) groups excluding carboxylic acids is 2. The molecule has 2 unspecified atom stereocenters. The van der Waals surface area contributed by atoms with Crippen LogP contribution in [0.2, 0.25) is 0 Å². The summed E-state index contributed by atoms with van der Waals surface area (Å²) in [6.45, 7) is 3.89. The summed E-state index contributed by atoms with van der Waals surface area (Å²) in [7, 11) is 1.62. The SMILES string of the molecule is COCCCC(N)C(=O)NC(C)C(=O)N1CCCCC1. The molecule has 3 N–H and O–H groups in total. The number of hydrogen-bond acceptors (Lipinski definition) is 4. The smallest absolute Gasteiger partial charge is 0.244 e. The first-order chi connectivity index (χ1) is 9.56. The predicted octanol–water partition coefficient (Wildman–Crippen LogP) is 0.258. The van der Waals surface area contributed by atoms with Crippen molar-refractivity contribution in [3.8, 4) is 0 Å². The van der Waals surface area contributed by atoms with Crippen LogP contribution in [0.1, 0.15) is 39.0 Å². The molecule has 0 radical (unpaired) electrons. The number of carbonyl (C=O) groups is 2. The molecule has 1 rings (SSSR count). The highest BCUT2D eigenvalue weighted by Gasteiger charge is 2.24. The zero-order valence-corrected chi connectivity index (χ0v) is 12.6. The lowest BCUT2D eigenvalue weighted by Gasteiger charge is -2.29. The maximum Gasteiger partial charge on any atom is 0.244 e. The van der Waals surface area contributed by atoms with Gasteiger partial charge in [-0.25, -0.2) is 0 Å². The summed E-state index contributed by atoms with van der Waals surface area (Å²) < 4.78 is 4.92. The zero-order chi connectivity index (χ0) is 15.0. The van der Waals surface area contributed by atoms with Gasteiger partial charge in [-0.05, 0) is 39.0 Å². The molecule has 2 atom stereocenters. The van der Waals surface area contributed by atoms with E-state index in [9.17, 15) is 9.59 Å². The first-order valence-corrected chi connectivity index (χ1v) is 7.40. The highest BCUT2D eigenvalue weighted by molar-refractivity contribution is 5.89. The molecule has 1 saturated heterocycles. The van der Waals surface area contributed by atoms with Gasteiger partial charge in [0.25, 0.3) is 0 Å². The maximum atomic E-state index is 12.2. The van der Waals surface area contributed by atoms with Crippen LogP contribution in [0.3, 0.4) is 0 Å². The minimum absolute atomic E-state index is 0.0119. The Morgan fingerprint density at radius 2 is 1.95 bits per heavy atom. The fourth-order valence-electron chi connectivity index (χ4n) is 2.35. The fraction of sp³-hybridized carbons (Fsp3) is 0.857. The number of nitrogens with two attached hydrogens (primary N) is 1. The number of hydrogen-bond donors (Lipinski definition) is 2. The van der Waals surface area contributed by atoms with Crippen molar-refractivity contribution in [3.63, 3.8) is 0 Å². The van der Waals surface area contributed by atoms with E-state index >= 15 is 0 Å². The van der Waals surface area contributed by atoms with Gasteiger partial charge >= 0.3 is 0 Å². The summed E-state index contributed by atoms with van der Waals surface area (Å²) >= 11 is 0. The second-order valence-corrected chi connectivity index (χ2v) is 5.36. The van der Waals surface area contributed by atoms with E-state index in [2.05, 4.69) is 5.32 Å². The van der Waals surface area contributed by atoms with E-state index in [0.29, 0.717) is 13.0 Å². The van der Waals surface area contributed by atoms with Gasteiger partial charge in [-0.3, -0.25) is 9.59 Å². The molecule has 0 aromatic carbocycles. The molecule has 1 aliphatic heterocycles. The zero-order valence-electron chi connectivity index (χ0n) is 12.6. The Morgan fingerprint density at radius 3 is 2.55 bits per heavy atom. The third kappa shape index (κ3) is 5.46. The molecule has 1 heterocycles. The van der Waals surface area contributed by atoms with E-state index in [1.165, 1.54) is 6.42 Å². The van der Waals surface area contributed by atoms with Crippen LogP contribution < -0.4 is 11.1 Å². The van der Waals surface area contributed by atoms with Crippen molar-refractivity contribution >= 4 is 11.8 Å². The molecule has 6 heteroatoms. The molecule has 2 amide bonds. The molecule has 0 aromatic heterocycles. The number of rotatable bonds is 7. The second-order valence-electron chi connectivity index (χ2n) is 5.36. The summed E-state index contributed by atoms with van der Waals surface area (Å²) in [6, 6.07) is -1.09. The topological polar surface area (TPSA) is 84.7 Å². The van der Waals surface area contributed by atoms with Gasteiger partial charge in [0.2, 0.25) is 11.8 Å². The number of amides is 2. The Bertz CT molecular complexity index is 317. The van der Waals surface area contributed by atoms with Crippen molar-refractivity contribution in [2.45, 2.75) is 51.1 Å². The van der Waals surface area contributed by atoms with Crippen LogP contribution in [0.4, 0.5) is 0 Å². The quantitative estimate of drug-likeness (QED) is 0.657. The molecule has 0 bridgehead atoms. The van der Waals surface area contributed by atoms with Crippen LogP contribution in [0.5, 0.6) is 0 Å². The van der Waals surface area contributed by atoms with Gasteiger partial charge < -0.3 is 20.7 Å². The van der Waals surface area contributed by atoms with Crippen LogP contribution in [0.15, 0.2) is 0 Å². The minimum Gasteiger partial charge on any atom is -0.385 e. The van der Waals surface area contributed by atoms with Crippen molar-refractivity contribution in [2.24, 2.45) is 5.73 Å². The average molecular weight is 285 g/mol. The molecule has 0 aliphatic carbocycles. The lowest BCUT2D eigenvalue weighted by atomic mass is 10.1. The predicted molar refractivity (Wildman–Crippen MR) is 77.1 cm³/mol. The van der Waals surface area contributed by atoms with Crippen molar-refractivity contribution in [2.75, 3.05) is 26.8 Å². The van der Waals surface area contributed by atoms with E-state index in [-0.39, 0.29) is 11.8 Å². The number of nitrogens with one attached hydrogen (secondary N) is 1. The van der Waals surface area contributed by atoms with E-state index in [1.807, 2.05) is 4.90 Å². The van der Waals surface area contributed by atoms with Crippen molar-refractivity contribution in [1.82, 2.24) is 10.2 Å².